The normalized spacial score (nSPS) is 20.6. The highest BCUT2D eigenvalue weighted by Gasteiger charge is 2.32. The van der Waals surface area contributed by atoms with Crippen molar-refractivity contribution in [3.63, 3.8) is 0 Å². The molecular weight excluding hydrogens is 212 g/mol. The van der Waals surface area contributed by atoms with Crippen LogP contribution < -0.4 is 10.6 Å². The van der Waals surface area contributed by atoms with Crippen LogP contribution in [0.1, 0.15) is 51.9 Å². The first-order valence-corrected chi connectivity index (χ1v) is 6.71. The van der Waals surface area contributed by atoms with Gasteiger partial charge >= 0.3 is 0 Å². The van der Waals surface area contributed by atoms with Crippen LogP contribution in [0.15, 0.2) is 12.7 Å². The second-order valence-corrected chi connectivity index (χ2v) is 5.26. The molecule has 0 spiro atoms. The van der Waals surface area contributed by atoms with Gasteiger partial charge in [-0.15, -0.1) is 6.58 Å². The average molecular weight is 238 g/mol. The maximum absolute atomic E-state index is 12.0. The first-order valence-electron chi connectivity index (χ1n) is 6.71. The molecule has 0 radical (unpaired) electrons. The first-order chi connectivity index (χ1) is 8.12. The van der Waals surface area contributed by atoms with Crippen LogP contribution in [0.25, 0.3) is 0 Å². The van der Waals surface area contributed by atoms with E-state index >= 15 is 0 Å². The quantitative estimate of drug-likeness (QED) is 0.698. The van der Waals surface area contributed by atoms with Gasteiger partial charge in [0.1, 0.15) is 0 Å². The number of hydrogen-bond acceptors (Lipinski definition) is 2. The van der Waals surface area contributed by atoms with E-state index in [0.29, 0.717) is 6.42 Å². The lowest BCUT2D eigenvalue weighted by molar-refractivity contribution is -0.123. The van der Waals surface area contributed by atoms with Crippen LogP contribution in [0.4, 0.5) is 0 Å². The highest BCUT2D eigenvalue weighted by Crippen LogP contribution is 2.30. The summed E-state index contributed by atoms with van der Waals surface area (Å²) in [5.74, 6) is 0.163. The zero-order valence-corrected chi connectivity index (χ0v) is 11.2. The predicted octanol–water partition coefficient (Wildman–Crippen LogP) is 2.38. The van der Waals surface area contributed by atoms with E-state index in [1.165, 1.54) is 19.3 Å². The van der Waals surface area contributed by atoms with Crippen molar-refractivity contribution < 1.29 is 4.79 Å². The van der Waals surface area contributed by atoms with Crippen molar-refractivity contribution in [3.8, 4) is 0 Å². The van der Waals surface area contributed by atoms with Crippen molar-refractivity contribution in [1.82, 2.24) is 10.6 Å². The number of rotatable bonds is 6. The Morgan fingerprint density at radius 3 is 2.59 bits per heavy atom. The summed E-state index contributed by atoms with van der Waals surface area (Å²) in [7, 11) is 1.98. The molecule has 1 atom stereocenters. The molecule has 0 bridgehead atoms. The van der Waals surface area contributed by atoms with Gasteiger partial charge in [0.2, 0.25) is 5.91 Å². The highest BCUT2D eigenvalue weighted by molar-refractivity contribution is 5.77. The Bertz CT molecular complexity index is 257. The van der Waals surface area contributed by atoms with E-state index in [4.69, 9.17) is 0 Å². The Morgan fingerprint density at radius 1 is 1.41 bits per heavy atom. The van der Waals surface area contributed by atoms with Gasteiger partial charge in [-0.05, 0) is 33.2 Å². The Morgan fingerprint density at radius 2 is 2.06 bits per heavy atom. The molecule has 2 N–H and O–H groups in total. The van der Waals surface area contributed by atoms with Gasteiger partial charge in [0.15, 0.2) is 0 Å². The molecule has 0 aromatic carbocycles. The summed E-state index contributed by atoms with van der Waals surface area (Å²) in [6.07, 6.45) is 9.28. The summed E-state index contributed by atoms with van der Waals surface area (Å²) in [4.78, 5) is 12.0. The van der Waals surface area contributed by atoms with Crippen LogP contribution in [0.3, 0.4) is 0 Å². The van der Waals surface area contributed by atoms with Crippen LogP contribution in [-0.4, -0.2) is 24.5 Å². The van der Waals surface area contributed by atoms with E-state index in [2.05, 4.69) is 17.2 Å². The fraction of sp³-hybridized carbons (Fsp3) is 0.786. The summed E-state index contributed by atoms with van der Waals surface area (Å²) in [6.45, 7) is 5.71. The number of amides is 1. The summed E-state index contributed by atoms with van der Waals surface area (Å²) in [5, 5.41) is 6.41. The van der Waals surface area contributed by atoms with Gasteiger partial charge in [0.25, 0.3) is 0 Å². The Balaban J connectivity index is 2.44. The van der Waals surface area contributed by atoms with Crippen molar-refractivity contribution in [2.45, 2.75) is 63.5 Å². The molecule has 0 saturated heterocycles. The minimum atomic E-state index is 0.0379. The van der Waals surface area contributed by atoms with Gasteiger partial charge in [0.05, 0.1) is 0 Å². The summed E-state index contributed by atoms with van der Waals surface area (Å²) >= 11 is 0. The third kappa shape index (κ3) is 4.50. The molecule has 17 heavy (non-hydrogen) atoms. The van der Waals surface area contributed by atoms with Crippen molar-refractivity contribution in [1.29, 1.82) is 0 Å². The molecule has 1 fully saturated rings. The van der Waals surface area contributed by atoms with Gasteiger partial charge in [-0.2, -0.15) is 0 Å². The smallest absolute Gasteiger partial charge is 0.222 e. The minimum Gasteiger partial charge on any atom is -0.353 e. The van der Waals surface area contributed by atoms with Gasteiger partial charge in [0, 0.05) is 18.0 Å². The third-order valence-electron chi connectivity index (χ3n) is 3.77. The van der Waals surface area contributed by atoms with Crippen molar-refractivity contribution >= 4 is 5.91 Å². The largest absolute Gasteiger partial charge is 0.353 e. The summed E-state index contributed by atoms with van der Waals surface area (Å²) in [5.41, 5.74) is 0.0379. The Kier molecular flexibility index (Phi) is 5.69. The van der Waals surface area contributed by atoms with E-state index in [1.807, 2.05) is 20.0 Å². The molecule has 98 valence electrons. The molecule has 1 rings (SSSR count). The summed E-state index contributed by atoms with van der Waals surface area (Å²) < 4.78 is 0. The molecule has 1 unspecified atom stereocenters. The van der Waals surface area contributed by atoms with Crippen LogP contribution in [0, 0.1) is 0 Å². The van der Waals surface area contributed by atoms with E-state index in [0.717, 1.165) is 19.3 Å². The van der Waals surface area contributed by atoms with E-state index < -0.39 is 0 Å². The zero-order valence-electron chi connectivity index (χ0n) is 11.2. The molecule has 0 aliphatic heterocycles. The lowest BCUT2D eigenvalue weighted by atomic mass is 9.79. The van der Waals surface area contributed by atoms with Crippen LogP contribution in [0.5, 0.6) is 0 Å². The predicted molar refractivity (Wildman–Crippen MR) is 71.9 cm³/mol. The second kappa shape index (κ2) is 6.80. The number of hydrogen-bond donors (Lipinski definition) is 2. The molecule has 0 aromatic rings. The number of carbonyl (C=O) groups is 1. The van der Waals surface area contributed by atoms with Gasteiger partial charge < -0.3 is 10.6 Å². The first kappa shape index (κ1) is 14.2. The zero-order chi connectivity index (χ0) is 12.7. The third-order valence-corrected chi connectivity index (χ3v) is 3.77. The monoisotopic (exact) mass is 238 g/mol. The van der Waals surface area contributed by atoms with E-state index in [1.54, 1.807) is 0 Å². The lowest BCUT2D eigenvalue weighted by Gasteiger charge is -2.37. The topological polar surface area (TPSA) is 41.1 Å². The van der Waals surface area contributed by atoms with Crippen LogP contribution >= 0.6 is 0 Å². The summed E-state index contributed by atoms with van der Waals surface area (Å²) in [6, 6.07) is 0.192. The molecule has 1 amide bonds. The SMILES string of the molecule is C=CCC(C)NC(=O)CC1(NC)CCCCC1. The average Bonchev–Trinajstić information content (AvgIpc) is 2.30. The molecular formula is C14H26N2O. The maximum Gasteiger partial charge on any atom is 0.222 e. The molecule has 3 nitrogen and oxygen atoms in total. The van der Waals surface area contributed by atoms with Gasteiger partial charge in [-0.3, -0.25) is 4.79 Å². The van der Waals surface area contributed by atoms with Gasteiger partial charge in [-0.1, -0.05) is 25.3 Å². The maximum atomic E-state index is 12.0. The molecule has 1 aliphatic carbocycles. The number of carbonyl (C=O) groups excluding carboxylic acids is 1. The van der Waals surface area contributed by atoms with Crippen molar-refractivity contribution in [2.24, 2.45) is 0 Å². The van der Waals surface area contributed by atoms with E-state index in [9.17, 15) is 4.79 Å². The standard InChI is InChI=1S/C14H26N2O/c1-4-8-12(2)16-13(17)11-14(15-3)9-6-5-7-10-14/h4,12,15H,1,5-11H2,2-3H3,(H,16,17). The van der Waals surface area contributed by atoms with Crippen LogP contribution in [0.2, 0.25) is 0 Å². The second-order valence-electron chi connectivity index (χ2n) is 5.26. The van der Waals surface area contributed by atoms with Crippen molar-refractivity contribution in [3.05, 3.63) is 12.7 Å². The number of nitrogens with one attached hydrogen (secondary N) is 2. The van der Waals surface area contributed by atoms with E-state index in [-0.39, 0.29) is 17.5 Å². The molecule has 1 saturated carbocycles. The Hall–Kier alpha value is -0.830. The highest BCUT2D eigenvalue weighted by atomic mass is 16.1. The molecule has 1 aliphatic rings. The van der Waals surface area contributed by atoms with Gasteiger partial charge in [-0.25, -0.2) is 0 Å². The fourth-order valence-electron chi connectivity index (χ4n) is 2.69. The Labute approximate surface area is 105 Å². The van der Waals surface area contributed by atoms with Crippen LogP contribution in [-0.2, 0) is 4.79 Å². The lowest BCUT2D eigenvalue weighted by Crippen LogP contribution is -2.49. The minimum absolute atomic E-state index is 0.0379. The molecule has 3 heteroatoms. The molecule has 0 heterocycles. The van der Waals surface area contributed by atoms with Crippen molar-refractivity contribution in [2.75, 3.05) is 7.05 Å². The molecule has 0 aromatic heterocycles. The fourth-order valence-corrected chi connectivity index (χ4v) is 2.69.